The van der Waals surface area contributed by atoms with Crippen LogP contribution in [-0.2, 0) is 0 Å². The Labute approximate surface area is 104 Å². The normalized spacial score (nSPS) is 18.2. The second kappa shape index (κ2) is 5.92. The third kappa shape index (κ3) is 3.63. The van der Waals surface area contributed by atoms with Gasteiger partial charge in [0.15, 0.2) is 0 Å². The minimum Gasteiger partial charge on any atom is -0.490 e. The number of rotatable bonds is 4. The van der Waals surface area contributed by atoms with Crippen molar-refractivity contribution >= 4 is 5.69 Å². The van der Waals surface area contributed by atoms with E-state index in [2.05, 4.69) is 11.8 Å². The first-order valence-corrected chi connectivity index (χ1v) is 6.45. The molecular formula is C14H22N2O. The third-order valence-corrected chi connectivity index (χ3v) is 3.46. The van der Waals surface area contributed by atoms with Crippen LogP contribution in [0.1, 0.15) is 19.8 Å². The van der Waals surface area contributed by atoms with Gasteiger partial charge in [-0.05, 0) is 44.0 Å². The number of likely N-dealkylation sites (tertiary alicyclic amines) is 1. The molecule has 94 valence electrons. The molecule has 3 heteroatoms. The van der Waals surface area contributed by atoms with Gasteiger partial charge < -0.3 is 10.5 Å². The van der Waals surface area contributed by atoms with E-state index < -0.39 is 0 Å². The highest BCUT2D eigenvalue weighted by atomic mass is 16.5. The number of anilines is 1. The van der Waals surface area contributed by atoms with E-state index >= 15 is 0 Å². The minimum absolute atomic E-state index is 0.722. The van der Waals surface area contributed by atoms with Crippen molar-refractivity contribution in [3.8, 4) is 5.75 Å². The molecule has 0 unspecified atom stereocenters. The van der Waals surface area contributed by atoms with E-state index in [4.69, 9.17) is 10.5 Å². The van der Waals surface area contributed by atoms with Gasteiger partial charge in [-0.3, -0.25) is 4.90 Å². The van der Waals surface area contributed by atoms with Gasteiger partial charge in [-0.25, -0.2) is 0 Å². The van der Waals surface area contributed by atoms with Gasteiger partial charge in [0.05, 0.1) is 5.69 Å². The van der Waals surface area contributed by atoms with Crippen LogP contribution in [0.2, 0.25) is 0 Å². The molecular weight excluding hydrogens is 212 g/mol. The van der Waals surface area contributed by atoms with Crippen molar-refractivity contribution in [2.24, 2.45) is 5.92 Å². The number of benzene rings is 1. The van der Waals surface area contributed by atoms with E-state index in [0.29, 0.717) is 0 Å². The standard InChI is InChI=1S/C14H22N2O/c1-12-6-8-16(9-7-12)10-11-17-14-5-3-2-4-13(14)15/h2-5,12H,6-11,15H2,1H3. The smallest absolute Gasteiger partial charge is 0.142 e. The first-order chi connectivity index (χ1) is 8.25. The van der Waals surface area contributed by atoms with Crippen LogP contribution in [-0.4, -0.2) is 31.1 Å². The summed E-state index contributed by atoms with van der Waals surface area (Å²) in [4.78, 5) is 2.47. The van der Waals surface area contributed by atoms with Gasteiger partial charge in [0.25, 0.3) is 0 Å². The van der Waals surface area contributed by atoms with Gasteiger partial charge in [-0.1, -0.05) is 19.1 Å². The van der Waals surface area contributed by atoms with Crippen molar-refractivity contribution in [2.45, 2.75) is 19.8 Å². The SMILES string of the molecule is CC1CCN(CCOc2ccccc2N)CC1. The molecule has 0 spiro atoms. The Kier molecular flexibility index (Phi) is 4.26. The number of para-hydroxylation sites is 2. The van der Waals surface area contributed by atoms with E-state index in [1.54, 1.807) is 0 Å². The highest BCUT2D eigenvalue weighted by Crippen LogP contribution is 2.20. The highest BCUT2D eigenvalue weighted by molar-refractivity contribution is 5.51. The highest BCUT2D eigenvalue weighted by Gasteiger charge is 2.15. The average molecular weight is 234 g/mol. The summed E-state index contributed by atoms with van der Waals surface area (Å²) in [7, 11) is 0. The Morgan fingerprint density at radius 2 is 2.00 bits per heavy atom. The Morgan fingerprint density at radius 3 is 2.71 bits per heavy atom. The van der Waals surface area contributed by atoms with E-state index in [1.807, 2.05) is 24.3 Å². The van der Waals surface area contributed by atoms with Crippen LogP contribution in [0.15, 0.2) is 24.3 Å². The molecule has 1 saturated heterocycles. The van der Waals surface area contributed by atoms with Crippen molar-refractivity contribution < 1.29 is 4.74 Å². The van der Waals surface area contributed by atoms with Crippen LogP contribution < -0.4 is 10.5 Å². The summed E-state index contributed by atoms with van der Waals surface area (Å²) >= 11 is 0. The van der Waals surface area contributed by atoms with Crippen LogP contribution in [0.25, 0.3) is 0 Å². The van der Waals surface area contributed by atoms with E-state index in [-0.39, 0.29) is 0 Å². The first kappa shape index (κ1) is 12.2. The molecule has 1 aliphatic rings. The third-order valence-electron chi connectivity index (χ3n) is 3.46. The van der Waals surface area contributed by atoms with Crippen molar-refractivity contribution in [3.05, 3.63) is 24.3 Å². The Bertz CT molecular complexity index is 346. The lowest BCUT2D eigenvalue weighted by atomic mass is 9.99. The zero-order chi connectivity index (χ0) is 12.1. The number of hydrogen-bond donors (Lipinski definition) is 1. The summed E-state index contributed by atoms with van der Waals surface area (Å²) in [6, 6.07) is 7.67. The molecule has 0 radical (unpaired) electrons. The van der Waals surface area contributed by atoms with Crippen molar-refractivity contribution in [3.63, 3.8) is 0 Å². The minimum atomic E-state index is 0.722. The molecule has 2 N–H and O–H groups in total. The fourth-order valence-electron chi connectivity index (χ4n) is 2.18. The summed E-state index contributed by atoms with van der Waals surface area (Å²) < 4.78 is 5.70. The summed E-state index contributed by atoms with van der Waals surface area (Å²) in [5, 5.41) is 0. The molecule has 1 aromatic rings. The van der Waals surface area contributed by atoms with Crippen LogP contribution in [0, 0.1) is 5.92 Å². The molecule has 3 nitrogen and oxygen atoms in total. The van der Waals surface area contributed by atoms with Crippen LogP contribution in [0.3, 0.4) is 0 Å². The maximum absolute atomic E-state index is 5.82. The maximum Gasteiger partial charge on any atom is 0.142 e. The maximum atomic E-state index is 5.82. The number of nitrogens with zero attached hydrogens (tertiary/aromatic N) is 1. The number of nitrogens with two attached hydrogens (primary N) is 1. The zero-order valence-corrected chi connectivity index (χ0v) is 10.6. The fourth-order valence-corrected chi connectivity index (χ4v) is 2.18. The van der Waals surface area contributed by atoms with Gasteiger partial charge in [0.2, 0.25) is 0 Å². The van der Waals surface area contributed by atoms with Crippen LogP contribution >= 0.6 is 0 Å². The van der Waals surface area contributed by atoms with Gasteiger partial charge in [0.1, 0.15) is 12.4 Å². The number of ether oxygens (including phenoxy) is 1. The number of hydrogen-bond acceptors (Lipinski definition) is 3. The molecule has 0 bridgehead atoms. The average Bonchev–Trinajstić information content (AvgIpc) is 2.34. The van der Waals surface area contributed by atoms with E-state index in [1.165, 1.54) is 25.9 Å². The molecule has 17 heavy (non-hydrogen) atoms. The fraction of sp³-hybridized carbons (Fsp3) is 0.571. The molecule has 1 heterocycles. The lowest BCUT2D eigenvalue weighted by Crippen LogP contribution is -2.35. The van der Waals surface area contributed by atoms with E-state index in [0.717, 1.165) is 30.5 Å². The summed E-state index contributed by atoms with van der Waals surface area (Å²) in [5.41, 5.74) is 6.54. The lowest BCUT2D eigenvalue weighted by molar-refractivity contribution is 0.161. The summed E-state index contributed by atoms with van der Waals surface area (Å²) in [5.74, 6) is 1.69. The van der Waals surface area contributed by atoms with Gasteiger partial charge in [-0.2, -0.15) is 0 Å². The monoisotopic (exact) mass is 234 g/mol. The molecule has 0 amide bonds. The zero-order valence-electron chi connectivity index (χ0n) is 10.6. The quantitative estimate of drug-likeness (QED) is 0.813. The van der Waals surface area contributed by atoms with Crippen molar-refractivity contribution in [1.29, 1.82) is 0 Å². The summed E-state index contributed by atoms with van der Waals surface area (Å²) in [6.07, 6.45) is 2.63. The number of nitrogen functional groups attached to an aromatic ring is 1. The largest absolute Gasteiger partial charge is 0.490 e. The molecule has 0 aliphatic carbocycles. The second-order valence-electron chi connectivity index (χ2n) is 4.91. The molecule has 1 fully saturated rings. The van der Waals surface area contributed by atoms with Gasteiger partial charge in [0, 0.05) is 6.54 Å². The first-order valence-electron chi connectivity index (χ1n) is 6.45. The predicted molar refractivity (Wildman–Crippen MR) is 71.2 cm³/mol. The van der Waals surface area contributed by atoms with E-state index in [9.17, 15) is 0 Å². The second-order valence-corrected chi connectivity index (χ2v) is 4.91. The Balaban J connectivity index is 1.71. The predicted octanol–water partition coefficient (Wildman–Crippen LogP) is 2.38. The molecule has 0 saturated carbocycles. The molecule has 0 atom stereocenters. The molecule has 1 aromatic carbocycles. The Morgan fingerprint density at radius 1 is 1.29 bits per heavy atom. The molecule has 1 aliphatic heterocycles. The van der Waals surface area contributed by atoms with Crippen molar-refractivity contribution in [1.82, 2.24) is 4.90 Å². The summed E-state index contributed by atoms with van der Waals surface area (Å²) in [6.45, 7) is 6.46. The molecule has 0 aromatic heterocycles. The topological polar surface area (TPSA) is 38.5 Å². The number of piperidine rings is 1. The van der Waals surface area contributed by atoms with Gasteiger partial charge in [-0.15, -0.1) is 0 Å². The van der Waals surface area contributed by atoms with Gasteiger partial charge >= 0.3 is 0 Å². The van der Waals surface area contributed by atoms with Crippen LogP contribution in [0.5, 0.6) is 5.75 Å². The molecule has 2 rings (SSSR count). The lowest BCUT2D eigenvalue weighted by Gasteiger charge is -2.29. The Hall–Kier alpha value is -1.22. The van der Waals surface area contributed by atoms with Crippen molar-refractivity contribution in [2.75, 3.05) is 32.0 Å². The van der Waals surface area contributed by atoms with Crippen LogP contribution in [0.4, 0.5) is 5.69 Å².